The van der Waals surface area contributed by atoms with E-state index in [1.807, 2.05) is 39.0 Å². The number of benzene rings is 2. The standard InChI is InChI=1S/C27H38ClN3O4S/c1-7-20(5)29-27(33)25(8-2)30(17-22-11-9-10-12-24(22)28)26(32)18-31(36(6,34)35)23-15-13-21(14-16-23)19(3)4/h9-16,19-20,25H,7-8,17-18H2,1-6H3,(H,29,33)/t20-,25-/m0/s1. The molecule has 0 aliphatic heterocycles. The molecule has 2 amide bonds. The van der Waals surface area contributed by atoms with Gasteiger partial charge in [-0.25, -0.2) is 8.42 Å². The van der Waals surface area contributed by atoms with Gasteiger partial charge in [0.25, 0.3) is 0 Å². The number of halogens is 1. The highest BCUT2D eigenvalue weighted by atomic mass is 35.5. The van der Waals surface area contributed by atoms with Crippen LogP contribution in [0.5, 0.6) is 0 Å². The van der Waals surface area contributed by atoms with Gasteiger partial charge in [-0.05, 0) is 55.0 Å². The highest BCUT2D eigenvalue weighted by molar-refractivity contribution is 7.92. The molecule has 0 aliphatic carbocycles. The molecule has 198 valence electrons. The molecule has 0 unspecified atom stereocenters. The first kappa shape index (κ1) is 29.6. The summed E-state index contributed by atoms with van der Waals surface area (Å²) in [6, 6.07) is 13.4. The van der Waals surface area contributed by atoms with Crippen molar-refractivity contribution in [3.63, 3.8) is 0 Å². The molecule has 7 nitrogen and oxygen atoms in total. The molecule has 0 saturated carbocycles. The number of hydrogen-bond acceptors (Lipinski definition) is 4. The van der Waals surface area contributed by atoms with Crippen molar-refractivity contribution < 1.29 is 18.0 Å². The molecule has 0 aromatic heterocycles. The molecule has 2 rings (SSSR count). The molecule has 2 atom stereocenters. The number of hydrogen-bond donors (Lipinski definition) is 1. The monoisotopic (exact) mass is 535 g/mol. The van der Waals surface area contributed by atoms with E-state index in [4.69, 9.17) is 11.6 Å². The zero-order chi connectivity index (χ0) is 27.0. The third kappa shape index (κ3) is 7.96. The highest BCUT2D eigenvalue weighted by Crippen LogP contribution is 2.24. The summed E-state index contributed by atoms with van der Waals surface area (Å²) in [4.78, 5) is 28.3. The van der Waals surface area contributed by atoms with Gasteiger partial charge in [-0.1, -0.05) is 69.6 Å². The molecule has 9 heteroatoms. The normalized spacial score (nSPS) is 13.2. The molecular weight excluding hydrogens is 498 g/mol. The zero-order valence-electron chi connectivity index (χ0n) is 22.0. The van der Waals surface area contributed by atoms with E-state index in [0.717, 1.165) is 22.5 Å². The number of sulfonamides is 1. The Morgan fingerprint density at radius 2 is 1.58 bits per heavy atom. The minimum Gasteiger partial charge on any atom is -0.352 e. The van der Waals surface area contributed by atoms with E-state index in [9.17, 15) is 18.0 Å². The van der Waals surface area contributed by atoms with Crippen molar-refractivity contribution in [3.8, 4) is 0 Å². The Balaban J connectivity index is 2.45. The summed E-state index contributed by atoms with van der Waals surface area (Å²) < 4.78 is 26.5. The smallest absolute Gasteiger partial charge is 0.244 e. The molecule has 0 spiro atoms. The lowest BCUT2D eigenvalue weighted by atomic mass is 10.0. The minimum atomic E-state index is -3.78. The van der Waals surface area contributed by atoms with Gasteiger partial charge in [-0.3, -0.25) is 13.9 Å². The fraction of sp³-hybridized carbons (Fsp3) is 0.481. The maximum absolute atomic E-state index is 13.7. The van der Waals surface area contributed by atoms with E-state index >= 15 is 0 Å². The molecular formula is C27H38ClN3O4S. The van der Waals surface area contributed by atoms with Crippen LogP contribution in [0.25, 0.3) is 0 Å². The summed E-state index contributed by atoms with van der Waals surface area (Å²) in [7, 11) is -3.78. The van der Waals surface area contributed by atoms with E-state index in [1.165, 1.54) is 4.90 Å². The van der Waals surface area contributed by atoms with E-state index in [0.29, 0.717) is 22.7 Å². The van der Waals surface area contributed by atoms with E-state index in [-0.39, 0.29) is 24.4 Å². The largest absolute Gasteiger partial charge is 0.352 e. The maximum Gasteiger partial charge on any atom is 0.244 e. The first-order valence-corrected chi connectivity index (χ1v) is 14.5. The fourth-order valence-corrected chi connectivity index (χ4v) is 4.86. The second-order valence-corrected chi connectivity index (χ2v) is 11.7. The van der Waals surface area contributed by atoms with Crippen molar-refractivity contribution in [2.45, 2.75) is 72.0 Å². The van der Waals surface area contributed by atoms with E-state index in [2.05, 4.69) is 19.2 Å². The van der Waals surface area contributed by atoms with Gasteiger partial charge in [0.1, 0.15) is 12.6 Å². The van der Waals surface area contributed by atoms with Gasteiger partial charge in [0, 0.05) is 17.6 Å². The van der Waals surface area contributed by atoms with Gasteiger partial charge >= 0.3 is 0 Å². The van der Waals surface area contributed by atoms with Gasteiger partial charge in [0.05, 0.1) is 11.9 Å². The van der Waals surface area contributed by atoms with Crippen LogP contribution in [0.3, 0.4) is 0 Å². The maximum atomic E-state index is 13.7. The Hall–Kier alpha value is -2.58. The molecule has 0 radical (unpaired) electrons. The summed E-state index contributed by atoms with van der Waals surface area (Å²) in [5, 5.41) is 3.42. The number of carbonyl (C=O) groups excluding carboxylic acids is 2. The molecule has 0 bridgehead atoms. The second-order valence-electron chi connectivity index (χ2n) is 9.37. The average Bonchev–Trinajstić information content (AvgIpc) is 2.82. The van der Waals surface area contributed by atoms with Crippen molar-refractivity contribution >= 4 is 39.1 Å². The lowest BCUT2D eigenvalue weighted by Gasteiger charge is -2.33. The number of carbonyl (C=O) groups is 2. The van der Waals surface area contributed by atoms with Gasteiger partial charge in [0.2, 0.25) is 21.8 Å². The predicted molar refractivity (Wildman–Crippen MR) is 147 cm³/mol. The van der Waals surface area contributed by atoms with Crippen molar-refractivity contribution in [2.24, 2.45) is 0 Å². The molecule has 0 heterocycles. The summed E-state index contributed by atoms with van der Waals surface area (Å²) in [6.07, 6.45) is 2.18. The number of nitrogens with one attached hydrogen (secondary N) is 1. The lowest BCUT2D eigenvalue weighted by molar-refractivity contribution is -0.140. The molecule has 0 saturated heterocycles. The summed E-state index contributed by atoms with van der Waals surface area (Å²) in [5.74, 6) is -0.480. The topological polar surface area (TPSA) is 86.8 Å². The number of amides is 2. The molecule has 2 aromatic carbocycles. The molecule has 1 N–H and O–H groups in total. The predicted octanol–water partition coefficient (Wildman–Crippen LogP) is 4.95. The fourth-order valence-electron chi connectivity index (χ4n) is 3.81. The lowest BCUT2D eigenvalue weighted by Crippen LogP contribution is -2.53. The van der Waals surface area contributed by atoms with Crippen LogP contribution in [0.15, 0.2) is 48.5 Å². The molecule has 0 fully saturated rings. The quantitative estimate of drug-likeness (QED) is 0.416. The van der Waals surface area contributed by atoms with Gasteiger partial charge in [0.15, 0.2) is 0 Å². The van der Waals surface area contributed by atoms with Crippen molar-refractivity contribution in [3.05, 3.63) is 64.7 Å². The van der Waals surface area contributed by atoms with Crippen molar-refractivity contribution in [1.82, 2.24) is 10.2 Å². The second kappa shape index (κ2) is 13.1. The Morgan fingerprint density at radius 1 is 0.972 bits per heavy atom. The Bertz CT molecular complexity index is 1140. The third-order valence-corrected chi connectivity index (χ3v) is 7.72. The summed E-state index contributed by atoms with van der Waals surface area (Å²) >= 11 is 6.38. The highest BCUT2D eigenvalue weighted by Gasteiger charge is 2.32. The third-order valence-electron chi connectivity index (χ3n) is 6.21. The minimum absolute atomic E-state index is 0.0594. The van der Waals surface area contributed by atoms with Crippen molar-refractivity contribution in [2.75, 3.05) is 17.1 Å². The number of nitrogens with zero attached hydrogens (tertiary/aromatic N) is 2. The zero-order valence-corrected chi connectivity index (χ0v) is 23.6. The van der Waals surface area contributed by atoms with E-state index < -0.39 is 28.5 Å². The first-order chi connectivity index (χ1) is 16.9. The van der Waals surface area contributed by atoms with Crippen LogP contribution >= 0.6 is 11.6 Å². The molecule has 0 aliphatic rings. The van der Waals surface area contributed by atoms with Gasteiger partial charge in [-0.15, -0.1) is 0 Å². The van der Waals surface area contributed by atoms with Crippen LogP contribution in [-0.2, 0) is 26.2 Å². The van der Waals surface area contributed by atoms with Gasteiger partial charge in [-0.2, -0.15) is 0 Å². The number of anilines is 1. The van der Waals surface area contributed by atoms with Crippen LogP contribution < -0.4 is 9.62 Å². The average molecular weight is 536 g/mol. The summed E-state index contributed by atoms with van der Waals surface area (Å²) in [5.41, 5.74) is 2.13. The summed E-state index contributed by atoms with van der Waals surface area (Å²) in [6.45, 7) is 9.44. The number of rotatable bonds is 12. The SMILES string of the molecule is CC[C@H](C)NC(=O)[C@H](CC)N(Cc1ccccc1Cl)C(=O)CN(c1ccc(C(C)C)cc1)S(C)(=O)=O. The van der Waals surface area contributed by atoms with Crippen LogP contribution in [0.4, 0.5) is 5.69 Å². The van der Waals surface area contributed by atoms with Crippen molar-refractivity contribution in [1.29, 1.82) is 0 Å². The van der Waals surface area contributed by atoms with Gasteiger partial charge < -0.3 is 10.2 Å². The van der Waals surface area contributed by atoms with Crippen LogP contribution in [0.1, 0.15) is 64.5 Å². The van der Waals surface area contributed by atoms with Crippen LogP contribution in [-0.4, -0.2) is 50.0 Å². The Kier molecular flexibility index (Phi) is 10.8. The van der Waals surface area contributed by atoms with Crippen LogP contribution in [0, 0.1) is 0 Å². The first-order valence-electron chi connectivity index (χ1n) is 12.3. The van der Waals surface area contributed by atoms with Crippen LogP contribution in [0.2, 0.25) is 5.02 Å². The molecule has 36 heavy (non-hydrogen) atoms. The Morgan fingerprint density at radius 3 is 2.08 bits per heavy atom. The molecule has 2 aromatic rings. The van der Waals surface area contributed by atoms with E-state index in [1.54, 1.807) is 30.3 Å². The Labute approximate surface area is 220 Å².